The molecule has 5 nitrogen and oxygen atoms in total. The average molecular weight is 444 g/mol. The fourth-order valence-electron chi connectivity index (χ4n) is 3.21. The Morgan fingerprint density at radius 2 is 1.89 bits per heavy atom. The van der Waals surface area contributed by atoms with E-state index in [1.54, 1.807) is 17.0 Å². The van der Waals surface area contributed by atoms with Crippen LogP contribution in [0, 0.1) is 0 Å². The molecule has 2 aromatic rings. The van der Waals surface area contributed by atoms with Crippen molar-refractivity contribution in [3.63, 3.8) is 0 Å². The first-order valence-corrected chi connectivity index (χ1v) is 9.62. The van der Waals surface area contributed by atoms with Crippen molar-refractivity contribution >= 4 is 33.4 Å². The van der Waals surface area contributed by atoms with Gasteiger partial charge in [-0.25, -0.2) is 4.98 Å². The number of anilines is 3. The number of piperidine rings is 1. The fourth-order valence-corrected chi connectivity index (χ4v) is 3.48. The molecule has 0 radical (unpaired) electrons. The standard InChI is InChI=1S/C18H21BrF3N5/c1-2-27(14-7-9-23-10-8-14)16-15(18(20,21)22)11-24-17(26-16)25-13-5-3-12(19)4-6-13/h3-6,11,14,23H,2,7-10H2,1H3,(H,24,25,26). The van der Waals surface area contributed by atoms with Gasteiger partial charge in [0, 0.05) is 28.9 Å². The van der Waals surface area contributed by atoms with Crippen molar-refractivity contribution in [2.24, 2.45) is 0 Å². The highest BCUT2D eigenvalue weighted by atomic mass is 79.9. The highest BCUT2D eigenvalue weighted by Gasteiger charge is 2.38. The van der Waals surface area contributed by atoms with E-state index < -0.39 is 11.7 Å². The van der Waals surface area contributed by atoms with E-state index in [0.717, 1.165) is 36.6 Å². The number of nitrogens with zero attached hydrogens (tertiary/aromatic N) is 3. The Morgan fingerprint density at radius 1 is 1.22 bits per heavy atom. The van der Waals surface area contributed by atoms with Gasteiger partial charge in [0.15, 0.2) is 0 Å². The molecule has 1 saturated heterocycles. The van der Waals surface area contributed by atoms with E-state index in [9.17, 15) is 13.2 Å². The number of halogens is 4. The van der Waals surface area contributed by atoms with Crippen LogP contribution in [-0.4, -0.2) is 35.6 Å². The van der Waals surface area contributed by atoms with Crippen LogP contribution in [0.25, 0.3) is 0 Å². The summed E-state index contributed by atoms with van der Waals surface area (Å²) in [7, 11) is 0. The Labute approximate surface area is 164 Å². The monoisotopic (exact) mass is 443 g/mol. The van der Waals surface area contributed by atoms with Crippen LogP contribution >= 0.6 is 15.9 Å². The molecule has 0 aliphatic carbocycles. The number of benzene rings is 1. The molecule has 2 heterocycles. The molecule has 2 N–H and O–H groups in total. The Morgan fingerprint density at radius 3 is 2.48 bits per heavy atom. The Hall–Kier alpha value is -1.87. The summed E-state index contributed by atoms with van der Waals surface area (Å²) in [5.41, 5.74) is -0.0990. The van der Waals surface area contributed by atoms with E-state index >= 15 is 0 Å². The number of alkyl halides is 3. The predicted molar refractivity (Wildman–Crippen MR) is 103 cm³/mol. The summed E-state index contributed by atoms with van der Waals surface area (Å²) in [5.74, 6) is 0.0826. The van der Waals surface area contributed by atoms with E-state index in [1.165, 1.54) is 0 Å². The second-order valence-electron chi connectivity index (χ2n) is 6.33. The van der Waals surface area contributed by atoms with E-state index in [0.29, 0.717) is 12.2 Å². The first kappa shape index (κ1) is 19.9. The zero-order chi connectivity index (χ0) is 19.4. The van der Waals surface area contributed by atoms with Crippen molar-refractivity contribution in [1.82, 2.24) is 15.3 Å². The summed E-state index contributed by atoms with van der Waals surface area (Å²) in [6.45, 7) is 3.88. The molecule has 0 atom stereocenters. The zero-order valence-corrected chi connectivity index (χ0v) is 16.4. The topological polar surface area (TPSA) is 53.1 Å². The largest absolute Gasteiger partial charge is 0.421 e. The summed E-state index contributed by atoms with van der Waals surface area (Å²) in [6.07, 6.45) is -2.08. The molecule has 0 amide bonds. The predicted octanol–water partition coefficient (Wildman–Crippen LogP) is 4.58. The van der Waals surface area contributed by atoms with Crippen LogP contribution in [0.5, 0.6) is 0 Å². The minimum absolute atomic E-state index is 0.0211. The molecule has 1 aromatic heterocycles. The minimum atomic E-state index is -4.51. The number of rotatable bonds is 5. The molecule has 0 saturated carbocycles. The fraction of sp³-hybridized carbons (Fsp3) is 0.444. The van der Waals surface area contributed by atoms with E-state index in [1.807, 2.05) is 19.1 Å². The molecule has 0 unspecified atom stereocenters. The zero-order valence-electron chi connectivity index (χ0n) is 14.9. The molecule has 1 fully saturated rings. The van der Waals surface area contributed by atoms with Gasteiger partial charge in [0.1, 0.15) is 11.4 Å². The smallest absolute Gasteiger partial charge is 0.353 e. The maximum absolute atomic E-state index is 13.6. The maximum atomic E-state index is 13.6. The highest BCUT2D eigenvalue weighted by Crippen LogP contribution is 2.37. The Bertz CT molecular complexity index is 761. The number of hydrogen-bond acceptors (Lipinski definition) is 5. The van der Waals surface area contributed by atoms with Gasteiger partial charge in [-0.05, 0) is 57.1 Å². The molecule has 9 heteroatoms. The summed E-state index contributed by atoms with van der Waals surface area (Å²) in [5, 5.41) is 6.22. The molecule has 1 aromatic carbocycles. The van der Waals surface area contributed by atoms with E-state index in [2.05, 4.69) is 36.5 Å². The first-order chi connectivity index (χ1) is 12.9. The Balaban J connectivity index is 1.95. The lowest BCUT2D eigenvalue weighted by Gasteiger charge is -2.36. The highest BCUT2D eigenvalue weighted by molar-refractivity contribution is 9.10. The van der Waals surface area contributed by atoms with Gasteiger partial charge in [-0.15, -0.1) is 0 Å². The summed E-state index contributed by atoms with van der Waals surface area (Å²) < 4.78 is 41.6. The summed E-state index contributed by atoms with van der Waals surface area (Å²) in [4.78, 5) is 9.90. The second kappa shape index (κ2) is 8.43. The van der Waals surface area contributed by atoms with Crippen molar-refractivity contribution in [3.8, 4) is 0 Å². The van der Waals surface area contributed by atoms with Gasteiger partial charge in [0.2, 0.25) is 5.95 Å². The first-order valence-electron chi connectivity index (χ1n) is 8.82. The van der Waals surface area contributed by atoms with E-state index in [-0.39, 0.29) is 17.8 Å². The molecule has 0 spiro atoms. The van der Waals surface area contributed by atoms with Gasteiger partial charge in [0.25, 0.3) is 0 Å². The quantitative estimate of drug-likeness (QED) is 0.708. The minimum Gasteiger partial charge on any atom is -0.353 e. The molecule has 146 valence electrons. The normalized spacial score (nSPS) is 15.6. The van der Waals surface area contributed by atoms with Crippen molar-refractivity contribution in [3.05, 3.63) is 40.5 Å². The second-order valence-corrected chi connectivity index (χ2v) is 7.24. The number of nitrogens with one attached hydrogen (secondary N) is 2. The van der Waals surface area contributed by atoms with Crippen LogP contribution in [0.2, 0.25) is 0 Å². The number of aromatic nitrogens is 2. The SMILES string of the molecule is CCN(c1nc(Nc2ccc(Br)cc2)ncc1C(F)(F)F)C1CCNCC1. The van der Waals surface area contributed by atoms with Crippen LogP contribution in [-0.2, 0) is 6.18 Å². The third kappa shape index (κ3) is 4.90. The van der Waals surface area contributed by atoms with Crippen LogP contribution in [0.3, 0.4) is 0 Å². The summed E-state index contributed by atoms with van der Waals surface area (Å²) >= 11 is 3.35. The molecular formula is C18H21BrF3N5. The van der Waals surface area contributed by atoms with Crippen molar-refractivity contribution in [1.29, 1.82) is 0 Å². The van der Waals surface area contributed by atoms with Crippen LogP contribution in [0.4, 0.5) is 30.6 Å². The molecule has 3 rings (SSSR count). The van der Waals surface area contributed by atoms with Gasteiger partial charge in [-0.3, -0.25) is 0 Å². The molecule has 27 heavy (non-hydrogen) atoms. The van der Waals surface area contributed by atoms with Gasteiger partial charge in [-0.1, -0.05) is 15.9 Å². The lowest BCUT2D eigenvalue weighted by atomic mass is 10.0. The van der Waals surface area contributed by atoms with Crippen molar-refractivity contribution < 1.29 is 13.2 Å². The van der Waals surface area contributed by atoms with Crippen molar-refractivity contribution in [2.45, 2.75) is 32.0 Å². The third-order valence-corrected chi connectivity index (χ3v) is 5.07. The molecular weight excluding hydrogens is 423 g/mol. The number of hydrogen-bond donors (Lipinski definition) is 2. The average Bonchev–Trinajstić information content (AvgIpc) is 2.64. The van der Waals surface area contributed by atoms with Crippen LogP contribution < -0.4 is 15.5 Å². The van der Waals surface area contributed by atoms with Gasteiger partial charge in [0.05, 0.1) is 0 Å². The van der Waals surface area contributed by atoms with Gasteiger partial charge < -0.3 is 15.5 Å². The van der Waals surface area contributed by atoms with Gasteiger partial charge in [-0.2, -0.15) is 18.2 Å². The molecule has 0 bridgehead atoms. The Kier molecular flexibility index (Phi) is 6.21. The molecule has 1 aliphatic heterocycles. The lowest BCUT2D eigenvalue weighted by molar-refractivity contribution is -0.137. The summed E-state index contributed by atoms with van der Waals surface area (Å²) in [6, 6.07) is 7.29. The maximum Gasteiger partial charge on any atom is 0.421 e. The third-order valence-electron chi connectivity index (χ3n) is 4.54. The van der Waals surface area contributed by atoms with Crippen molar-refractivity contribution in [2.75, 3.05) is 29.9 Å². The van der Waals surface area contributed by atoms with Gasteiger partial charge >= 0.3 is 6.18 Å². The van der Waals surface area contributed by atoms with Crippen LogP contribution in [0.1, 0.15) is 25.3 Å². The van der Waals surface area contributed by atoms with Crippen LogP contribution in [0.15, 0.2) is 34.9 Å². The van der Waals surface area contributed by atoms with E-state index in [4.69, 9.17) is 0 Å². The lowest BCUT2D eigenvalue weighted by Crippen LogP contribution is -2.44. The molecule has 1 aliphatic rings.